The molecule has 0 atom stereocenters. The Morgan fingerprint density at radius 1 is 1.27 bits per heavy atom. The number of carbonyl (C=O) groups excluding carboxylic acids is 1. The van der Waals surface area contributed by atoms with Gasteiger partial charge in [0.05, 0.1) is 0 Å². The first-order valence-electron chi connectivity index (χ1n) is 5.73. The molecule has 0 aromatic carbocycles. The Morgan fingerprint density at radius 3 is 2.47 bits per heavy atom. The van der Waals surface area contributed by atoms with Crippen LogP contribution in [0.25, 0.3) is 0 Å². The molecule has 4 nitrogen and oxygen atoms in total. The molecule has 0 aromatic heterocycles. The summed E-state index contributed by atoms with van der Waals surface area (Å²) in [6, 6.07) is 0.163. The Morgan fingerprint density at radius 2 is 1.93 bits per heavy atom. The van der Waals surface area contributed by atoms with E-state index >= 15 is 0 Å². The van der Waals surface area contributed by atoms with Gasteiger partial charge in [-0.25, -0.2) is 4.79 Å². The first-order valence-corrected chi connectivity index (χ1v) is 5.73. The first-order chi connectivity index (χ1) is 7.05. The third kappa shape index (κ3) is 1.95. The standard InChI is InChI=1S/C11H21N3O/c1-12(2)10(15)14-8-4-7-13(3)11(9-14)5-6-11/h4-9H2,1-3H3. The summed E-state index contributed by atoms with van der Waals surface area (Å²) in [5.41, 5.74) is 0.322. The molecule has 0 bridgehead atoms. The second-order valence-corrected chi connectivity index (χ2v) is 5.10. The van der Waals surface area contributed by atoms with E-state index in [-0.39, 0.29) is 6.03 Å². The van der Waals surface area contributed by atoms with Crippen molar-refractivity contribution in [2.24, 2.45) is 0 Å². The van der Waals surface area contributed by atoms with E-state index in [1.807, 2.05) is 19.0 Å². The van der Waals surface area contributed by atoms with Gasteiger partial charge in [-0.1, -0.05) is 0 Å². The molecule has 1 aliphatic carbocycles. The largest absolute Gasteiger partial charge is 0.331 e. The van der Waals surface area contributed by atoms with Crippen molar-refractivity contribution in [3.8, 4) is 0 Å². The second-order valence-electron chi connectivity index (χ2n) is 5.10. The third-order valence-electron chi connectivity index (χ3n) is 3.70. The van der Waals surface area contributed by atoms with Gasteiger partial charge in [0.15, 0.2) is 0 Å². The summed E-state index contributed by atoms with van der Waals surface area (Å²) in [5, 5.41) is 0. The summed E-state index contributed by atoms with van der Waals surface area (Å²) in [5.74, 6) is 0. The molecule has 1 heterocycles. The molecule has 2 amide bonds. The second kappa shape index (κ2) is 3.67. The van der Waals surface area contributed by atoms with Gasteiger partial charge in [0.25, 0.3) is 0 Å². The van der Waals surface area contributed by atoms with Crippen molar-refractivity contribution < 1.29 is 4.79 Å². The average Bonchev–Trinajstić information content (AvgIpc) is 2.97. The van der Waals surface area contributed by atoms with E-state index in [0.717, 1.165) is 26.1 Å². The van der Waals surface area contributed by atoms with Crippen LogP contribution in [0.15, 0.2) is 0 Å². The van der Waals surface area contributed by atoms with Gasteiger partial charge in [-0.05, 0) is 26.3 Å². The van der Waals surface area contributed by atoms with Crippen molar-refractivity contribution in [3.63, 3.8) is 0 Å². The van der Waals surface area contributed by atoms with E-state index in [4.69, 9.17) is 0 Å². The molecule has 2 fully saturated rings. The van der Waals surface area contributed by atoms with Gasteiger partial charge >= 0.3 is 6.03 Å². The van der Waals surface area contributed by atoms with Crippen LogP contribution in [0.5, 0.6) is 0 Å². The van der Waals surface area contributed by atoms with E-state index < -0.39 is 0 Å². The fourth-order valence-electron chi connectivity index (χ4n) is 2.42. The van der Waals surface area contributed by atoms with Crippen LogP contribution >= 0.6 is 0 Å². The van der Waals surface area contributed by atoms with Gasteiger partial charge in [-0.3, -0.25) is 4.90 Å². The lowest BCUT2D eigenvalue weighted by molar-refractivity contribution is 0.155. The molecule has 86 valence electrons. The Kier molecular flexibility index (Phi) is 2.63. The minimum atomic E-state index is 0.163. The van der Waals surface area contributed by atoms with Crippen LogP contribution in [0.4, 0.5) is 4.79 Å². The minimum absolute atomic E-state index is 0.163. The summed E-state index contributed by atoms with van der Waals surface area (Å²) in [4.78, 5) is 18.0. The maximum Gasteiger partial charge on any atom is 0.319 e. The van der Waals surface area contributed by atoms with Crippen molar-refractivity contribution in [2.45, 2.75) is 24.8 Å². The molecule has 4 heteroatoms. The van der Waals surface area contributed by atoms with Gasteiger partial charge < -0.3 is 9.80 Å². The number of urea groups is 1. The molecule has 1 spiro atoms. The number of amides is 2. The van der Waals surface area contributed by atoms with Gasteiger partial charge in [0.2, 0.25) is 0 Å². The van der Waals surface area contributed by atoms with Crippen LogP contribution in [0.1, 0.15) is 19.3 Å². The lowest BCUT2D eigenvalue weighted by atomic mass is 10.2. The molecule has 1 saturated heterocycles. The van der Waals surface area contributed by atoms with E-state index in [1.54, 1.807) is 4.90 Å². The molecular weight excluding hydrogens is 190 g/mol. The van der Waals surface area contributed by atoms with Crippen LogP contribution in [0.2, 0.25) is 0 Å². The summed E-state index contributed by atoms with van der Waals surface area (Å²) >= 11 is 0. The van der Waals surface area contributed by atoms with E-state index in [2.05, 4.69) is 11.9 Å². The lowest BCUT2D eigenvalue weighted by Crippen LogP contribution is -2.46. The highest BCUT2D eigenvalue weighted by molar-refractivity contribution is 5.74. The summed E-state index contributed by atoms with van der Waals surface area (Å²) in [6.07, 6.45) is 3.60. The van der Waals surface area contributed by atoms with Gasteiger partial charge in [0.1, 0.15) is 0 Å². The van der Waals surface area contributed by atoms with Gasteiger partial charge in [-0.15, -0.1) is 0 Å². The number of hydrogen-bond donors (Lipinski definition) is 0. The average molecular weight is 211 g/mol. The summed E-state index contributed by atoms with van der Waals surface area (Å²) in [7, 11) is 5.85. The number of rotatable bonds is 0. The van der Waals surface area contributed by atoms with Crippen LogP contribution in [-0.4, -0.2) is 67.0 Å². The zero-order valence-corrected chi connectivity index (χ0v) is 9.99. The monoisotopic (exact) mass is 211 g/mol. The van der Waals surface area contributed by atoms with E-state index in [0.29, 0.717) is 5.54 Å². The van der Waals surface area contributed by atoms with Crippen LogP contribution in [-0.2, 0) is 0 Å². The third-order valence-corrected chi connectivity index (χ3v) is 3.70. The maximum atomic E-state index is 11.9. The molecule has 1 saturated carbocycles. The van der Waals surface area contributed by atoms with Crippen molar-refractivity contribution in [3.05, 3.63) is 0 Å². The zero-order chi connectivity index (χ0) is 11.1. The van der Waals surface area contributed by atoms with E-state index in [1.165, 1.54) is 12.8 Å². The summed E-state index contributed by atoms with van der Waals surface area (Å²) in [6.45, 7) is 2.95. The van der Waals surface area contributed by atoms with Crippen LogP contribution < -0.4 is 0 Å². The maximum absolute atomic E-state index is 11.9. The SMILES string of the molecule is CN(C)C(=O)N1CCCN(C)C2(CC2)C1. The highest BCUT2D eigenvalue weighted by atomic mass is 16.2. The fourth-order valence-corrected chi connectivity index (χ4v) is 2.42. The van der Waals surface area contributed by atoms with Crippen LogP contribution in [0.3, 0.4) is 0 Å². The highest BCUT2D eigenvalue weighted by Gasteiger charge is 2.49. The summed E-state index contributed by atoms with van der Waals surface area (Å²) < 4.78 is 0. The Bertz CT molecular complexity index is 261. The normalized spacial score (nSPS) is 25.1. The Hall–Kier alpha value is -0.770. The van der Waals surface area contributed by atoms with Gasteiger partial charge in [0, 0.05) is 39.3 Å². The Balaban J connectivity index is 2.05. The number of likely N-dealkylation sites (N-methyl/N-ethyl adjacent to an activating group) is 1. The highest BCUT2D eigenvalue weighted by Crippen LogP contribution is 2.42. The molecular formula is C11H21N3O. The van der Waals surface area contributed by atoms with Crippen molar-refractivity contribution in [1.82, 2.24) is 14.7 Å². The molecule has 0 unspecified atom stereocenters. The number of nitrogens with zero attached hydrogens (tertiary/aromatic N) is 3. The van der Waals surface area contributed by atoms with E-state index in [9.17, 15) is 4.79 Å². The van der Waals surface area contributed by atoms with Gasteiger partial charge in [-0.2, -0.15) is 0 Å². The van der Waals surface area contributed by atoms with Crippen LogP contribution in [0, 0.1) is 0 Å². The molecule has 0 N–H and O–H groups in total. The predicted octanol–water partition coefficient (Wildman–Crippen LogP) is 0.838. The van der Waals surface area contributed by atoms with Crippen molar-refractivity contribution in [2.75, 3.05) is 40.8 Å². The molecule has 0 radical (unpaired) electrons. The quantitative estimate of drug-likeness (QED) is 0.593. The van der Waals surface area contributed by atoms with Crippen molar-refractivity contribution >= 4 is 6.03 Å². The fraction of sp³-hybridized carbons (Fsp3) is 0.909. The molecule has 2 aliphatic rings. The minimum Gasteiger partial charge on any atom is -0.331 e. The first kappa shape index (κ1) is 10.7. The molecule has 0 aromatic rings. The lowest BCUT2D eigenvalue weighted by Gasteiger charge is -2.30. The molecule has 2 rings (SSSR count). The number of carbonyl (C=O) groups is 1. The smallest absolute Gasteiger partial charge is 0.319 e. The molecule has 15 heavy (non-hydrogen) atoms. The molecule has 1 aliphatic heterocycles. The Labute approximate surface area is 91.8 Å². The predicted molar refractivity (Wildman–Crippen MR) is 59.9 cm³/mol. The number of hydrogen-bond acceptors (Lipinski definition) is 2. The zero-order valence-electron chi connectivity index (χ0n) is 9.99. The topological polar surface area (TPSA) is 26.8 Å². The van der Waals surface area contributed by atoms with Crippen molar-refractivity contribution in [1.29, 1.82) is 0 Å².